The van der Waals surface area contributed by atoms with E-state index in [1.54, 1.807) is 0 Å². The van der Waals surface area contributed by atoms with Crippen molar-refractivity contribution >= 4 is 12.0 Å². The van der Waals surface area contributed by atoms with Gasteiger partial charge in [0.25, 0.3) is 6.43 Å². The average Bonchev–Trinajstić information content (AvgIpc) is 2.26. The number of nitriles is 1. The molecular weight excluding hydrogens is 224 g/mol. The van der Waals surface area contributed by atoms with Crippen LogP contribution in [0.4, 0.5) is 14.5 Å². The quantitative estimate of drug-likeness (QED) is 0.443. The van der Waals surface area contributed by atoms with E-state index in [1.165, 1.54) is 6.07 Å². The number of carbonyl (C=O) groups is 1. The molecule has 0 aromatic carbocycles. The van der Waals surface area contributed by atoms with Crippen LogP contribution in [0.3, 0.4) is 0 Å². The molecule has 0 aliphatic carbocycles. The number of alkyl halides is 2. The molecule has 0 aliphatic rings. The number of halogens is 2. The second-order valence-electron chi connectivity index (χ2n) is 2.60. The molecule has 8 heteroatoms. The Balaban J connectivity index is 3.60. The van der Waals surface area contributed by atoms with Crippen LogP contribution in [0.2, 0.25) is 0 Å². The first kappa shape index (κ1) is 11.6. The maximum atomic E-state index is 12.4. The number of aromatic nitrogens is 1. The number of rotatable bonds is 3. The highest BCUT2D eigenvalue weighted by Gasteiger charge is 2.25. The van der Waals surface area contributed by atoms with Crippen molar-refractivity contribution in [3.63, 3.8) is 0 Å². The van der Waals surface area contributed by atoms with E-state index in [-0.39, 0.29) is 6.29 Å². The van der Waals surface area contributed by atoms with Crippen molar-refractivity contribution in [1.29, 1.82) is 5.26 Å². The number of hydrogen-bond acceptors (Lipinski definition) is 5. The van der Waals surface area contributed by atoms with Gasteiger partial charge in [-0.25, -0.2) is 13.8 Å². The number of pyridine rings is 1. The van der Waals surface area contributed by atoms with Crippen molar-refractivity contribution < 1.29 is 18.5 Å². The molecule has 0 bridgehead atoms. The third-order valence-electron chi connectivity index (χ3n) is 1.76. The summed E-state index contributed by atoms with van der Waals surface area (Å²) in [7, 11) is 0. The van der Waals surface area contributed by atoms with Gasteiger partial charge in [-0.05, 0) is 0 Å². The summed E-state index contributed by atoms with van der Waals surface area (Å²) in [6.45, 7) is 0. The summed E-state index contributed by atoms with van der Waals surface area (Å²) < 4.78 is 24.7. The molecule has 1 aromatic heterocycles. The van der Waals surface area contributed by atoms with Gasteiger partial charge in [-0.15, -0.1) is 0 Å². The second-order valence-corrected chi connectivity index (χ2v) is 2.60. The third kappa shape index (κ3) is 1.83. The van der Waals surface area contributed by atoms with E-state index in [9.17, 15) is 23.7 Å². The van der Waals surface area contributed by atoms with E-state index in [4.69, 9.17) is 5.26 Å². The van der Waals surface area contributed by atoms with Crippen molar-refractivity contribution in [2.24, 2.45) is 0 Å². The first-order valence-corrected chi connectivity index (χ1v) is 3.83. The topological polar surface area (TPSA) is 96.9 Å². The Bertz CT molecular complexity index is 496. The number of aldehydes is 1. The monoisotopic (exact) mass is 227 g/mol. The van der Waals surface area contributed by atoms with Crippen molar-refractivity contribution in [2.75, 3.05) is 0 Å². The van der Waals surface area contributed by atoms with Crippen molar-refractivity contribution in [3.8, 4) is 6.07 Å². The fraction of sp³-hybridized carbons (Fsp3) is 0.125. The molecule has 1 heterocycles. The second kappa shape index (κ2) is 4.39. The predicted molar refractivity (Wildman–Crippen MR) is 46.0 cm³/mol. The van der Waals surface area contributed by atoms with Crippen LogP contribution in [0, 0.1) is 21.4 Å². The molecule has 1 aromatic rings. The summed E-state index contributed by atoms with van der Waals surface area (Å²) in [5.74, 6) is 0. The molecule has 0 N–H and O–H groups in total. The van der Waals surface area contributed by atoms with E-state index in [1.807, 2.05) is 0 Å². The minimum atomic E-state index is -3.08. The molecule has 82 valence electrons. The van der Waals surface area contributed by atoms with E-state index >= 15 is 0 Å². The average molecular weight is 227 g/mol. The van der Waals surface area contributed by atoms with Gasteiger partial charge in [-0.3, -0.25) is 14.9 Å². The lowest BCUT2D eigenvalue weighted by molar-refractivity contribution is -0.385. The highest BCUT2D eigenvalue weighted by molar-refractivity contribution is 5.83. The molecule has 6 nitrogen and oxygen atoms in total. The predicted octanol–water partition coefficient (Wildman–Crippen LogP) is 1.61. The first-order valence-electron chi connectivity index (χ1n) is 3.83. The molecule has 0 spiro atoms. The highest BCUT2D eigenvalue weighted by atomic mass is 19.3. The molecule has 0 fully saturated rings. The van der Waals surface area contributed by atoms with Crippen molar-refractivity contribution in [2.45, 2.75) is 6.43 Å². The summed E-state index contributed by atoms with van der Waals surface area (Å²) >= 11 is 0. The molecule has 16 heavy (non-hydrogen) atoms. The van der Waals surface area contributed by atoms with Gasteiger partial charge >= 0.3 is 5.69 Å². The maximum Gasteiger partial charge on any atom is 0.305 e. The molecule has 0 atom stereocenters. The number of nitrogens with zero attached hydrogens (tertiary/aromatic N) is 3. The van der Waals surface area contributed by atoms with Crippen LogP contribution >= 0.6 is 0 Å². The SMILES string of the molecule is N#Cc1c([N+](=O)[O-])cnc(C(F)F)c1C=O. The van der Waals surface area contributed by atoms with E-state index < -0.39 is 33.9 Å². The van der Waals surface area contributed by atoms with Crippen LogP contribution in [0.5, 0.6) is 0 Å². The number of carbonyl (C=O) groups excluding carboxylic acids is 1. The van der Waals surface area contributed by atoms with Gasteiger partial charge < -0.3 is 0 Å². The van der Waals surface area contributed by atoms with Crippen LogP contribution in [0.1, 0.15) is 28.0 Å². The zero-order chi connectivity index (χ0) is 12.3. The first-order chi connectivity index (χ1) is 7.52. The molecule has 0 saturated carbocycles. The molecule has 1 rings (SSSR count). The van der Waals surface area contributed by atoms with Crippen LogP contribution in [-0.2, 0) is 0 Å². The Morgan fingerprint density at radius 2 is 2.25 bits per heavy atom. The normalized spacial score (nSPS) is 9.88. The van der Waals surface area contributed by atoms with Crippen molar-refractivity contribution in [3.05, 3.63) is 33.1 Å². The maximum absolute atomic E-state index is 12.4. The van der Waals surface area contributed by atoms with Crippen LogP contribution in [0.25, 0.3) is 0 Å². The van der Waals surface area contributed by atoms with Gasteiger partial charge in [0.2, 0.25) is 0 Å². The molecule has 0 saturated heterocycles. The molecule has 0 amide bonds. The van der Waals surface area contributed by atoms with Gasteiger partial charge in [-0.1, -0.05) is 0 Å². The van der Waals surface area contributed by atoms with Crippen molar-refractivity contribution in [1.82, 2.24) is 4.98 Å². The summed E-state index contributed by atoms with van der Waals surface area (Å²) in [5.41, 5.74) is -3.15. The lowest BCUT2D eigenvalue weighted by Gasteiger charge is -2.03. The van der Waals surface area contributed by atoms with E-state index in [2.05, 4.69) is 4.98 Å². The van der Waals surface area contributed by atoms with Crippen LogP contribution in [0.15, 0.2) is 6.20 Å². The van der Waals surface area contributed by atoms with Gasteiger partial charge in [0.15, 0.2) is 6.29 Å². The van der Waals surface area contributed by atoms with Crippen LogP contribution < -0.4 is 0 Å². The lowest BCUT2D eigenvalue weighted by Crippen LogP contribution is -2.04. The largest absolute Gasteiger partial charge is 0.305 e. The minimum absolute atomic E-state index is 0.0416. The smallest absolute Gasteiger partial charge is 0.298 e. The Morgan fingerprint density at radius 1 is 1.62 bits per heavy atom. The fourth-order valence-corrected chi connectivity index (χ4v) is 1.08. The third-order valence-corrected chi connectivity index (χ3v) is 1.76. The molecular formula is C8H3F2N3O3. The highest BCUT2D eigenvalue weighted by Crippen LogP contribution is 2.27. The Morgan fingerprint density at radius 3 is 2.62 bits per heavy atom. The van der Waals surface area contributed by atoms with Gasteiger partial charge in [0, 0.05) is 0 Å². The van der Waals surface area contributed by atoms with Gasteiger partial charge in [-0.2, -0.15) is 5.26 Å². The summed E-state index contributed by atoms with van der Waals surface area (Å²) in [6.07, 6.45) is -2.58. The summed E-state index contributed by atoms with van der Waals surface area (Å²) in [5, 5.41) is 19.0. The standard InChI is InChI=1S/C8H3F2N3O3/c9-8(10)7-5(3-14)4(1-11)6(2-12-7)13(15)16/h2-3,8H. The number of hydrogen-bond donors (Lipinski definition) is 0. The van der Waals surface area contributed by atoms with Gasteiger partial charge in [0.05, 0.1) is 10.5 Å². The summed E-state index contributed by atoms with van der Waals surface area (Å²) in [4.78, 5) is 23.1. The van der Waals surface area contributed by atoms with Crippen LogP contribution in [-0.4, -0.2) is 16.2 Å². The Labute approximate surface area is 87.3 Å². The minimum Gasteiger partial charge on any atom is -0.298 e. The van der Waals surface area contributed by atoms with E-state index in [0.29, 0.717) is 6.20 Å². The Kier molecular flexibility index (Phi) is 3.20. The summed E-state index contributed by atoms with van der Waals surface area (Å²) in [6, 6.07) is 1.35. The zero-order valence-electron chi connectivity index (χ0n) is 7.55. The zero-order valence-corrected chi connectivity index (χ0v) is 7.55. The molecule has 0 unspecified atom stereocenters. The molecule has 0 radical (unpaired) electrons. The van der Waals surface area contributed by atoms with Gasteiger partial charge in [0.1, 0.15) is 23.5 Å². The molecule has 0 aliphatic heterocycles. The Hall–Kier alpha value is -2.43. The number of nitro groups is 1. The van der Waals surface area contributed by atoms with E-state index in [0.717, 1.165) is 0 Å². The lowest BCUT2D eigenvalue weighted by atomic mass is 10.1. The fourth-order valence-electron chi connectivity index (χ4n) is 1.08.